The molecule has 0 saturated carbocycles. The summed E-state index contributed by atoms with van der Waals surface area (Å²) in [6.07, 6.45) is 3.12. The fourth-order valence-electron chi connectivity index (χ4n) is 1.64. The van der Waals surface area contributed by atoms with Crippen LogP contribution in [-0.4, -0.2) is 14.8 Å². The molecule has 0 amide bonds. The minimum absolute atomic E-state index is 0.611. The number of hydrogen-bond acceptors (Lipinski definition) is 2. The Kier molecular flexibility index (Phi) is 3.89. The zero-order valence-electron chi connectivity index (χ0n) is 10.6. The van der Waals surface area contributed by atoms with Gasteiger partial charge in [0.05, 0.1) is 11.9 Å². The number of rotatable bonds is 4. The van der Waals surface area contributed by atoms with Gasteiger partial charge < -0.3 is 4.57 Å². The Morgan fingerprint density at radius 1 is 1.29 bits per heavy atom. The number of benzene rings is 1. The molecule has 0 radical (unpaired) electrons. The molecule has 1 atom stereocenters. The highest BCUT2D eigenvalue weighted by Gasteiger charge is 2.11. The van der Waals surface area contributed by atoms with Gasteiger partial charge in [-0.25, -0.2) is 4.98 Å². The van der Waals surface area contributed by atoms with E-state index in [2.05, 4.69) is 54.7 Å². The number of hydrogen-bond donors (Lipinski definition) is 0. The Hall–Kier alpha value is -1.22. The molecule has 2 aromatic rings. The smallest absolute Gasteiger partial charge is 0.168 e. The van der Waals surface area contributed by atoms with Crippen LogP contribution >= 0.6 is 11.8 Å². The van der Waals surface area contributed by atoms with Crippen molar-refractivity contribution >= 4 is 11.8 Å². The molecule has 17 heavy (non-hydrogen) atoms. The van der Waals surface area contributed by atoms with E-state index in [1.165, 1.54) is 11.3 Å². The van der Waals surface area contributed by atoms with Gasteiger partial charge in [-0.15, -0.1) is 0 Å². The standard InChI is InChI=1S/C14H18N2S/c1-4-11(2)17-14-15-10-13(16(14)3)12-8-6-5-7-9-12/h5-11H,4H2,1-3H3. The highest BCUT2D eigenvalue weighted by Crippen LogP contribution is 2.28. The minimum atomic E-state index is 0.611. The van der Waals surface area contributed by atoms with Gasteiger partial charge >= 0.3 is 0 Å². The predicted molar refractivity (Wildman–Crippen MR) is 74.3 cm³/mol. The molecule has 3 heteroatoms. The van der Waals surface area contributed by atoms with Crippen molar-refractivity contribution in [3.8, 4) is 11.3 Å². The van der Waals surface area contributed by atoms with E-state index in [9.17, 15) is 0 Å². The molecule has 2 nitrogen and oxygen atoms in total. The molecule has 2 rings (SSSR count). The van der Waals surface area contributed by atoms with E-state index in [0.29, 0.717) is 5.25 Å². The molecule has 1 aromatic heterocycles. The lowest BCUT2D eigenvalue weighted by Gasteiger charge is -2.09. The minimum Gasteiger partial charge on any atom is -0.322 e. The normalized spacial score (nSPS) is 12.6. The van der Waals surface area contributed by atoms with Gasteiger partial charge in [0, 0.05) is 12.3 Å². The van der Waals surface area contributed by atoms with E-state index in [1.807, 2.05) is 24.0 Å². The van der Waals surface area contributed by atoms with Crippen LogP contribution in [-0.2, 0) is 7.05 Å². The highest BCUT2D eigenvalue weighted by atomic mass is 32.2. The van der Waals surface area contributed by atoms with Crippen LogP contribution in [0, 0.1) is 0 Å². The van der Waals surface area contributed by atoms with Crippen LogP contribution in [0.3, 0.4) is 0 Å². The van der Waals surface area contributed by atoms with Gasteiger partial charge in [0.15, 0.2) is 5.16 Å². The summed E-state index contributed by atoms with van der Waals surface area (Å²) in [6, 6.07) is 10.4. The number of aromatic nitrogens is 2. The van der Waals surface area contributed by atoms with Gasteiger partial charge in [-0.3, -0.25) is 0 Å². The Balaban J connectivity index is 2.27. The lowest BCUT2D eigenvalue weighted by molar-refractivity contribution is 0.787. The molecule has 0 aliphatic heterocycles. The first-order chi connectivity index (χ1) is 8.22. The zero-order valence-corrected chi connectivity index (χ0v) is 11.4. The second kappa shape index (κ2) is 5.41. The van der Waals surface area contributed by atoms with Crippen molar-refractivity contribution in [3.63, 3.8) is 0 Å². The summed E-state index contributed by atoms with van der Waals surface area (Å²) in [5.41, 5.74) is 2.40. The largest absolute Gasteiger partial charge is 0.322 e. The van der Waals surface area contributed by atoms with Gasteiger partial charge in [-0.2, -0.15) is 0 Å². The molecule has 0 saturated heterocycles. The van der Waals surface area contributed by atoms with Crippen LogP contribution in [0.4, 0.5) is 0 Å². The third-order valence-corrected chi connectivity index (χ3v) is 4.22. The summed E-state index contributed by atoms with van der Waals surface area (Å²) in [5, 5.41) is 1.71. The fourth-order valence-corrected chi connectivity index (χ4v) is 2.54. The Bertz CT molecular complexity index is 476. The van der Waals surface area contributed by atoms with Crippen molar-refractivity contribution < 1.29 is 0 Å². The maximum atomic E-state index is 4.51. The third-order valence-electron chi connectivity index (χ3n) is 2.90. The Morgan fingerprint density at radius 2 is 2.00 bits per heavy atom. The summed E-state index contributed by atoms with van der Waals surface area (Å²) in [4.78, 5) is 4.51. The van der Waals surface area contributed by atoms with Crippen LogP contribution in [0.5, 0.6) is 0 Å². The van der Waals surface area contributed by atoms with Crippen LogP contribution in [0.2, 0.25) is 0 Å². The van der Waals surface area contributed by atoms with Crippen molar-refractivity contribution in [2.75, 3.05) is 0 Å². The van der Waals surface area contributed by atoms with Crippen molar-refractivity contribution in [2.24, 2.45) is 7.05 Å². The van der Waals surface area contributed by atoms with E-state index in [0.717, 1.165) is 11.6 Å². The monoisotopic (exact) mass is 246 g/mol. The molecule has 0 aliphatic rings. The van der Waals surface area contributed by atoms with Gasteiger partial charge in [-0.05, 0) is 12.0 Å². The van der Waals surface area contributed by atoms with E-state index in [4.69, 9.17) is 0 Å². The third kappa shape index (κ3) is 2.72. The average Bonchev–Trinajstić information content (AvgIpc) is 2.72. The Morgan fingerprint density at radius 3 is 2.65 bits per heavy atom. The second-order valence-corrected chi connectivity index (χ2v) is 5.59. The predicted octanol–water partition coefficient (Wildman–Crippen LogP) is 3.98. The van der Waals surface area contributed by atoms with Gasteiger partial charge in [0.1, 0.15) is 0 Å². The van der Waals surface area contributed by atoms with Gasteiger partial charge in [-0.1, -0.05) is 55.9 Å². The van der Waals surface area contributed by atoms with Crippen LogP contribution in [0.25, 0.3) is 11.3 Å². The van der Waals surface area contributed by atoms with Crippen molar-refractivity contribution in [3.05, 3.63) is 36.5 Å². The number of nitrogens with zero attached hydrogens (tertiary/aromatic N) is 2. The summed E-state index contributed by atoms with van der Waals surface area (Å²) in [7, 11) is 2.08. The molecule has 1 unspecified atom stereocenters. The number of imidazole rings is 1. The van der Waals surface area contributed by atoms with Crippen molar-refractivity contribution in [1.29, 1.82) is 0 Å². The molecular formula is C14H18N2S. The van der Waals surface area contributed by atoms with E-state index >= 15 is 0 Å². The molecule has 0 fully saturated rings. The second-order valence-electron chi connectivity index (χ2n) is 4.19. The maximum absolute atomic E-state index is 4.51. The lowest BCUT2D eigenvalue weighted by atomic mass is 10.2. The summed E-state index contributed by atoms with van der Waals surface area (Å²) in [5.74, 6) is 0. The first-order valence-electron chi connectivity index (χ1n) is 5.96. The highest BCUT2D eigenvalue weighted by molar-refractivity contribution is 7.99. The first kappa shape index (κ1) is 12.2. The van der Waals surface area contributed by atoms with Crippen molar-refractivity contribution in [1.82, 2.24) is 9.55 Å². The SMILES string of the molecule is CCC(C)Sc1ncc(-c2ccccc2)n1C. The average molecular weight is 246 g/mol. The van der Waals surface area contributed by atoms with Crippen LogP contribution < -0.4 is 0 Å². The summed E-state index contributed by atoms with van der Waals surface area (Å²) >= 11 is 1.84. The van der Waals surface area contributed by atoms with E-state index in [1.54, 1.807) is 0 Å². The van der Waals surface area contributed by atoms with Crippen LogP contribution in [0.1, 0.15) is 20.3 Å². The fraction of sp³-hybridized carbons (Fsp3) is 0.357. The molecule has 0 spiro atoms. The molecule has 90 valence electrons. The molecule has 1 aromatic carbocycles. The maximum Gasteiger partial charge on any atom is 0.168 e. The summed E-state index contributed by atoms with van der Waals surface area (Å²) < 4.78 is 2.17. The molecule has 0 N–H and O–H groups in total. The van der Waals surface area contributed by atoms with E-state index < -0.39 is 0 Å². The van der Waals surface area contributed by atoms with Gasteiger partial charge in [0.2, 0.25) is 0 Å². The molecule has 1 heterocycles. The number of thioether (sulfide) groups is 1. The van der Waals surface area contributed by atoms with E-state index in [-0.39, 0.29) is 0 Å². The van der Waals surface area contributed by atoms with Crippen LogP contribution in [0.15, 0.2) is 41.7 Å². The first-order valence-corrected chi connectivity index (χ1v) is 6.84. The molecule has 0 aliphatic carbocycles. The lowest BCUT2D eigenvalue weighted by Crippen LogP contribution is -1.99. The van der Waals surface area contributed by atoms with Gasteiger partial charge in [0.25, 0.3) is 0 Å². The van der Waals surface area contributed by atoms with Crippen molar-refractivity contribution in [2.45, 2.75) is 30.7 Å². The Labute approximate surface area is 107 Å². The zero-order chi connectivity index (χ0) is 12.3. The quantitative estimate of drug-likeness (QED) is 0.759. The summed E-state index contributed by atoms with van der Waals surface area (Å²) in [6.45, 7) is 4.44. The molecule has 0 bridgehead atoms. The topological polar surface area (TPSA) is 17.8 Å². The molecular weight excluding hydrogens is 228 g/mol.